The fourth-order valence-corrected chi connectivity index (χ4v) is 18.8. The van der Waals surface area contributed by atoms with Crippen LogP contribution in [0, 0.1) is 0 Å². The molecule has 8 heterocycles. The van der Waals surface area contributed by atoms with Crippen molar-refractivity contribution in [3.63, 3.8) is 0 Å². The van der Waals surface area contributed by atoms with Crippen LogP contribution in [0.15, 0.2) is 218 Å². The summed E-state index contributed by atoms with van der Waals surface area (Å²) in [7, 11) is 0. The molecule has 13 heteroatoms. The Morgan fingerprint density at radius 3 is 0.465 bits per heavy atom. The molecule has 0 N–H and O–H groups in total. The summed E-state index contributed by atoms with van der Waals surface area (Å²) in [6, 6.07) is 80.1. The van der Waals surface area contributed by atoms with Gasteiger partial charge >= 0.3 is 20.4 Å². The minimum atomic E-state index is -0.341. The van der Waals surface area contributed by atoms with Crippen LogP contribution in [0.3, 0.4) is 0 Å². The third kappa shape index (κ3) is 14.5. The van der Waals surface area contributed by atoms with Gasteiger partial charge in [-0.15, -0.1) is 22.1 Å². The number of hydrogen-bond donors (Lipinski definition) is 0. The summed E-state index contributed by atoms with van der Waals surface area (Å²) in [6.45, 7) is 55.8. The standard InChI is InChI=1S/C116H108N12.Pd/c1-109(2,3)65-41-61(42-66(49-65)110(4,5)6)97-101-73-53-89-91(119-83-35-27-25-33-81(83)117-89)55-75(73)103(125-101)98(62-43-67(111(7,8)9)50-68(44-62)112(10,11)12)105-77-57-93-95(123-87-39-31-29-37-85(87)121-93)59-79(77)107(127-105)100(64-47-71(115(19,20)21)52-72(48-64)116(22,23)24)108-80-60-96-94(122-86-38-30-32-40-88(86)124-96)58-78(80)106(128-108)99(63-45-69(113(13,14)15)51-70(46-63)114(16,17)18)104-76-56-92-90(54-74(76)102(97)126-104)118-82-34-26-28-36-84(82)120-92;/h25-60H,1-24H3;/q-2;+2. The molecule has 0 radical (unpaired) electrons. The predicted octanol–water partition coefficient (Wildman–Crippen LogP) is 30.0. The van der Waals surface area contributed by atoms with Gasteiger partial charge in [-0.1, -0.05) is 287 Å². The molecule has 0 atom stereocenters. The van der Waals surface area contributed by atoms with Crippen molar-refractivity contribution >= 4 is 132 Å². The Morgan fingerprint density at radius 2 is 0.318 bits per heavy atom. The zero-order valence-corrected chi connectivity index (χ0v) is 80.0. The summed E-state index contributed by atoms with van der Waals surface area (Å²) in [5, 5.41) is 3.46. The summed E-state index contributed by atoms with van der Waals surface area (Å²) in [5.74, 6) is 0. The summed E-state index contributed by atoms with van der Waals surface area (Å²) >= 11 is 0. The molecule has 3 aliphatic rings. The van der Waals surface area contributed by atoms with Crippen LogP contribution >= 0.6 is 0 Å². The van der Waals surface area contributed by atoms with E-state index < -0.39 is 0 Å². The van der Waals surface area contributed by atoms with Crippen LogP contribution in [0.25, 0.3) is 221 Å². The third-order valence-corrected chi connectivity index (χ3v) is 26.6. The molecular formula is C116H108N12Pd. The van der Waals surface area contributed by atoms with Crippen LogP contribution in [0.2, 0.25) is 0 Å². The number of nitrogens with zero attached hydrogens (tertiary/aromatic N) is 12. The topological polar surface area (TPSA) is 157 Å². The maximum Gasteiger partial charge on any atom is 2.00 e. The molecule has 2 aliphatic heterocycles. The van der Waals surface area contributed by atoms with Crippen LogP contribution in [-0.2, 0) is 63.7 Å². The number of fused-ring (bicyclic) bond motifs is 8. The van der Waals surface area contributed by atoms with Crippen molar-refractivity contribution in [2.24, 2.45) is 0 Å². The zero-order valence-electron chi connectivity index (χ0n) is 78.5. The molecule has 0 amide bonds. The monoisotopic (exact) mass is 1770 g/mol. The van der Waals surface area contributed by atoms with E-state index in [9.17, 15) is 0 Å². The second-order valence-corrected chi connectivity index (χ2v) is 44.3. The molecule has 0 spiro atoms. The van der Waals surface area contributed by atoms with Gasteiger partial charge in [0.05, 0.1) is 111 Å². The van der Waals surface area contributed by atoms with E-state index in [-0.39, 0.29) is 63.7 Å². The molecule has 12 nitrogen and oxygen atoms in total. The summed E-state index contributed by atoms with van der Waals surface area (Å²) in [5.41, 5.74) is 34.9. The van der Waals surface area contributed by atoms with Gasteiger partial charge in [-0.25, -0.2) is 49.8 Å². The Hall–Kier alpha value is -12.7. The third-order valence-electron chi connectivity index (χ3n) is 26.6. The van der Waals surface area contributed by atoms with Crippen LogP contribution in [0.4, 0.5) is 0 Å². The van der Waals surface area contributed by atoms with Crippen molar-refractivity contribution in [1.29, 1.82) is 0 Å². The molecule has 1 aliphatic carbocycles. The number of aromatic nitrogens is 12. The summed E-state index contributed by atoms with van der Waals surface area (Å²) < 4.78 is 0. The Kier molecular flexibility index (Phi) is 19.1. The molecular weight excluding hydrogens is 1670 g/mol. The van der Waals surface area contributed by atoms with Crippen molar-refractivity contribution in [1.82, 2.24) is 59.8 Å². The molecule has 129 heavy (non-hydrogen) atoms. The molecule has 0 unspecified atom stereocenters. The van der Waals surface area contributed by atoms with E-state index in [1.807, 2.05) is 48.5 Å². The van der Waals surface area contributed by atoms with Crippen molar-refractivity contribution < 1.29 is 20.4 Å². The number of benzene rings is 12. The normalized spacial score (nSPS) is 13.2. The van der Waals surface area contributed by atoms with Crippen molar-refractivity contribution in [2.45, 2.75) is 209 Å². The van der Waals surface area contributed by atoms with Gasteiger partial charge in [0.25, 0.3) is 0 Å². The van der Waals surface area contributed by atoms with Gasteiger partial charge in [-0.3, -0.25) is 0 Å². The minimum absolute atomic E-state index is 0. The predicted molar refractivity (Wildman–Crippen MR) is 537 cm³/mol. The summed E-state index contributed by atoms with van der Waals surface area (Å²) in [4.78, 5) is 71.7. The fraction of sp³-hybridized carbons (Fsp3) is 0.276. The van der Waals surface area contributed by atoms with E-state index >= 15 is 0 Å². The van der Waals surface area contributed by atoms with Crippen LogP contribution in [0.1, 0.15) is 211 Å². The van der Waals surface area contributed by atoms with Gasteiger partial charge in [0, 0.05) is 22.3 Å². The second kappa shape index (κ2) is 29.2. The molecule has 12 aromatic carbocycles. The van der Waals surface area contributed by atoms with E-state index in [0.29, 0.717) is 44.8 Å². The van der Waals surface area contributed by atoms with Gasteiger partial charge in [0.15, 0.2) is 0 Å². The van der Waals surface area contributed by atoms with E-state index in [1.165, 1.54) is 44.5 Å². The van der Waals surface area contributed by atoms with E-state index in [0.717, 1.165) is 177 Å². The first-order valence-corrected chi connectivity index (χ1v) is 45.2. The molecule has 642 valence electrons. The fourth-order valence-electron chi connectivity index (χ4n) is 18.8. The SMILES string of the molecule is CC(C)(C)c1cc(-c2c3nc(c(-c4cc(C(C)(C)C)cc(C(C)(C)C)c4)c4[n-]c(c(-c5cc(C(C)(C)C)cc(C(C)(C)C)c5)c5nc(c(-c6cc(C(C)(C)C)cc(C(C)(C)C)c6)c6[n-]c2c2cc7nc8ccccc8nc7cc62)-c2cc6nc7ccccc7nc6cc2-5)c2cc5nc6ccccc6nc5cc42)-c2cc4nc5ccccc5nc4cc2-3)cc(C(C)(C)C)c1.[Pd+2]. The van der Waals surface area contributed by atoms with E-state index in [4.69, 9.17) is 59.8 Å². The summed E-state index contributed by atoms with van der Waals surface area (Å²) in [6.07, 6.45) is 0. The average molecular weight is 1780 g/mol. The molecule has 18 aromatic rings. The largest absolute Gasteiger partial charge is 2.00 e. The van der Waals surface area contributed by atoms with Crippen LogP contribution in [-0.4, -0.2) is 49.8 Å². The smallest absolute Gasteiger partial charge is 0.656 e. The quantitative estimate of drug-likeness (QED) is 0.122. The number of para-hydroxylation sites is 8. The molecule has 6 aromatic heterocycles. The minimum Gasteiger partial charge on any atom is -0.656 e. The van der Waals surface area contributed by atoms with E-state index in [1.54, 1.807) is 0 Å². The van der Waals surface area contributed by atoms with Gasteiger partial charge in [0.2, 0.25) is 0 Å². The first-order chi connectivity index (χ1) is 60.4. The maximum atomic E-state index is 6.70. The Bertz CT molecular complexity index is 7190. The number of hydrogen-bond acceptors (Lipinski definition) is 10. The molecule has 21 rings (SSSR count). The maximum absolute atomic E-state index is 6.70. The Balaban J connectivity index is 0.0000104. The van der Waals surface area contributed by atoms with Crippen molar-refractivity contribution in [3.05, 3.63) is 263 Å². The molecule has 8 bridgehead atoms. The van der Waals surface area contributed by atoms with Gasteiger partial charge in [0.1, 0.15) is 0 Å². The van der Waals surface area contributed by atoms with Crippen LogP contribution in [0.5, 0.6) is 0 Å². The van der Waals surface area contributed by atoms with Crippen molar-refractivity contribution in [2.75, 3.05) is 0 Å². The number of rotatable bonds is 4. The van der Waals surface area contributed by atoms with E-state index in [2.05, 4.69) is 336 Å². The van der Waals surface area contributed by atoms with Gasteiger partial charge in [-0.2, -0.15) is 0 Å². The second-order valence-electron chi connectivity index (χ2n) is 44.3. The van der Waals surface area contributed by atoms with Crippen LogP contribution < -0.4 is 9.97 Å². The van der Waals surface area contributed by atoms with Crippen molar-refractivity contribution in [3.8, 4) is 89.5 Å². The molecule has 0 saturated heterocycles. The molecule has 0 saturated carbocycles. The first-order valence-electron chi connectivity index (χ1n) is 45.2. The van der Waals surface area contributed by atoms with Gasteiger partial charge in [-0.05, 0) is 251 Å². The first kappa shape index (κ1) is 84.5. The average Bonchev–Trinajstić information content (AvgIpc) is 1.54. The Labute approximate surface area is 768 Å². The Morgan fingerprint density at radius 1 is 0.171 bits per heavy atom. The van der Waals surface area contributed by atoms with Gasteiger partial charge < -0.3 is 9.97 Å². The zero-order chi connectivity index (χ0) is 89.7. The molecule has 0 fully saturated rings.